The summed E-state index contributed by atoms with van der Waals surface area (Å²) in [5.74, 6) is 0.328. The molecule has 1 N–H and O–H groups in total. The molecule has 1 aliphatic heterocycles. The molecule has 1 aliphatic carbocycles. The van der Waals surface area contributed by atoms with Crippen molar-refractivity contribution < 1.29 is 4.79 Å². The molecule has 2 rings (SSSR count). The van der Waals surface area contributed by atoms with E-state index in [9.17, 15) is 4.79 Å². The molecule has 1 saturated carbocycles. The highest BCUT2D eigenvalue weighted by molar-refractivity contribution is 5.83. The number of carbonyl (C=O) groups excluding carboxylic acids is 1. The summed E-state index contributed by atoms with van der Waals surface area (Å²) in [4.78, 5) is 14.4. The van der Waals surface area contributed by atoms with Crippen molar-refractivity contribution in [3.63, 3.8) is 0 Å². The lowest BCUT2D eigenvalue weighted by Crippen LogP contribution is -2.55. The Morgan fingerprint density at radius 1 is 1.31 bits per heavy atom. The standard InChI is InChI=1S/C13H24N2O/c1-13(2)8-4-7-11(13)15-9-5-6-10(14-3)12(15)16/h10-11,14H,4-9H2,1-3H3. The van der Waals surface area contributed by atoms with Gasteiger partial charge in [0.1, 0.15) is 0 Å². The van der Waals surface area contributed by atoms with Crippen molar-refractivity contribution in [2.75, 3.05) is 13.6 Å². The molecule has 16 heavy (non-hydrogen) atoms. The summed E-state index contributed by atoms with van der Waals surface area (Å²) in [7, 11) is 1.89. The molecule has 1 heterocycles. The first-order chi connectivity index (χ1) is 7.56. The van der Waals surface area contributed by atoms with E-state index in [2.05, 4.69) is 24.1 Å². The number of likely N-dealkylation sites (N-methyl/N-ethyl adjacent to an activating group) is 1. The second-order valence-corrected chi connectivity index (χ2v) is 5.91. The van der Waals surface area contributed by atoms with Crippen molar-refractivity contribution in [1.29, 1.82) is 0 Å². The average Bonchev–Trinajstić information content (AvgIpc) is 2.59. The van der Waals surface area contributed by atoms with Gasteiger partial charge in [-0.25, -0.2) is 0 Å². The summed E-state index contributed by atoms with van der Waals surface area (Å²) in [6, 6.07) is 0.529. The summed E-state index contributed by atoms with van der Waals surface area (Å²) in [5, 5.41) is 3.14. The van der Waals surface area contributed by atoms with Crippen LogP contribution in [0.1, 0.15) is 46.0 Å². The minimum atomic E-state index is 0.0603. The first-order valence-corrected chi connectivity index (χ1v) is 6.54. The van der Waals surface area contributed by atoms with Gasteiger partial charge in [-0.05, 0) is 38.1 Å². The summed E-state index contributed by atoms with van der Waals surface area (Å²) in [5.41, 5.74) is 0.311. The van der Waals surface area contributed by atoms with Crippen molar-refractivity contribution in [1.82, 2.24) is 10.2 Å². The quantitative estimate of drug-likeness (QED) is 0.775. The Bertz CT molecular complexity index is 275. The van der Waals surface area contributed by atoms with Gasteiger partial charge in [-0.1, -0.05) is 20.3 Å². The molecule has 1 saturated heterocycles. The van der Waals surface area contributed by atoms with Crippen LogP contribution in [0.15, 0.2) is 0 Å². The number of amides is 1. The van der Waals surface area contributed by atoms with Gasteiger partial charge in [0.15, 0.2) is 0 Å². The molecule has 2 aliphatic rings. The zero-order chi connectivity index (χ0) is 11.8. The third kappa shape index (κ3) is 1.97. The maximum absolute atomic E-state index is 12.3. The maximum atomic E-state index is 12.3. The Kier molecular flexibility index (Phi) is 3.24. The third-order valence-electron chi connectivity index (χ3n) is 4.40. The van der Waals surface area contributed by atoms with Gasteiger partial charge in [0, 0.05) is 12.6 Å². The fraction of sp³-hybridized carbons (Fsp3) is 0.923. The Morgan fingerprint density at radius 3 is 2.62 bits per heavy atom. The molecule has 3 heteroatoms. The highest BCUT2D eigenvalue weighted by Crippen LogP contribution is 2.41. The van der Waals surface area contributed by atoms with E-state index in [-0.39, 0.29) is 6.04 Å². The van der Waals surface area contributed by atoms with E-state index in [1.807, 2.05) is 7.05 Å². The second kappa shape index (κ2) is 4.36. The first kappa shape index (κ1) is 11.9. The van der Waals surface area contributed by atoms with E-state index in [0.29, 0.717) is 17.4 Å². The molecule has 3 nitrogen and oxygen atoms in total. The molecule has 0 aromatic rings. The number of piperidine rings is 1. The van der Waals surface area contributed by atoms with Crippen LogP contribution in [-0.4, -0.2) is 36.5 Å². The molecule has 1 amide bonds. The predicted octanol–water partition coefficient (Wildman–Crippen LogP) is 1.78. The van der Waals surface area contributed by atoms with E-state index in [4.69, 9.17) is 0 Å². The summed E-state index contributed by atoms with van der Waals surface area (Å²) >= 11 is 0. The lowest BCUT2D eigenvalue weighted by atomic mass is 9.85. The number of hydrogen-bond donors (Lipinski definition) is 1. The summed E-state index contributed by atoms with van der Waals surface area (Å²) < 4.78 is 0. The highest BCUT2D eigenvalue weighted by Gasteiger charge is 2.42. The monoisotopic (exact) mass is 224 g/mol. The molecule has 0 aromatic carbocycles. The van der Waals surface area contributed by atoms with Gasteiger partial charge in [-0.3, -0.25) is 4.79 Å². The largest absolute Gasteiger partial charge is 0.338 e. The molecule has 2 unspecified atom stereocenters. The summed E-state index contributed by atoms with van der Waals surface area (Å²) in [6.07, 6.45) is 5.86. The zero-order valence-electron chi connectivity index (χ0n) is 10.8. The lowest BCUT2D eigenvalue weighted by Gasteiger charge is -2.42. The van der Waals surface area contributed by atoms with E-state index >= 15 is 0 Å². The number of rotatable bonds is 2. The first-order valence-electron chi connectivity index (χ1n) is 6.54. The Labute approximate surface area is 98.6 Å². The zero-order valence-corrected chi connectivity index (χ0v) is 10.8. The van der Waals surface area contributed by atoms with Gasteiger partial charge in [-0.15, -0.1) is 0 Å². The van der Waals surface area contributed by atoms with Crippen molar-refractivity contribution in [2.24, 2.45) is 5.41 Å². The molecule has 0 aromatic heterocycles. The molecule has 0 spiro atoms. The average molecular weight is 224 g/mol. The summed E-state index contributed by atoms with van der Waals surface area (Å²) in [6.45, 7) is 5.58. The Hall–Kier alpha value is -0.570. The molecular formula is C13H24N2O. The minimum Gasteiger partial charge on any atom is -0.338 e. The molecule has 0 radical (unpaired) electrons. The van der Waals surface area contributed by atoms with Crippen LogP contribution in [0, 0.1) is 5.41 Å². The number of nitrogens with one attached hydrogen (secondary N) is 1. The maximum Gasteiger partial charge on any atom is 0.239 e. The predicted molar refractivity (Wildman–Crippen MR) is 65.2 cm³/mol. The van der Waals surface area contributed by atoms with Gasteiger partial charge >= 0.3 is 0 Å². The van der Waals surface area contributed by atoms with Gasteiger partial charge in [0.05, 0.1) is 6.04 Å². The molecule has 2 atom stereocenters. The Balaban J connectivity index is 2.11. The molecular weight excluding hydrogens is 200 g/mol. The number of hydrogen-bond acceptors (Lipinski definition) is 2. The van der Waals surface area contributed by atoms with E-state index in [1.165, 1.54) is 19.3 Å². The van der Waals surface area contributed by atoms with Crippen LogP contribution in [0.3, 0.4) is 0 Å². The smallest absolute Gasteiger partial charge is 0.239 e. The lowest BCUT2D eigenvalue weighted by molar-refractivity contribution is -0.140. The van der Waals surface area contributed by atoms with Gasteiger partial charge < -0.3 is 10.2 Å². The highest BCUT2D eigenvalue weighted by atomic mass is 16.2. The SMILES string of the molecule is CNC1CCCN(C2CCCC2(C)C)C1=O. The van der Waals surface area contributed by atoms with Crippen LogP contribution in [0.5, 0.6) is 0 Å². The van der Waals surface area contributed by atoms with Crippen LogP contribution in [0.4, 0.5) is 0 Å². The van der Waals surface area contributed by atoms with Gasteiger partial charge in [-0.2, -0.15) is 0 Å². The molecule has 0 bridgehead atoms. The second-order valence-electron chi connectivity index (χ2n) is 5.91. The van der Waals surface area contributed by atoms with Crippen LogP contribution < -0.4 is 5.32 Å². The minimum absolute atomic E-state index is 0.0603. The third-order valence-corrected chi connectivity index (χ3v) is 4.40. The van der Waals surface area contributed by atoms with Crippen LogP contribution in [-0.2, 0) is 4.79 Å². The van der Waals surface area contributed by atoms with Gasteiger partial charge in [0.25, 0.3) is 0 Å². The fourth-order valence-corrected chi connectivity index (χ4v) is 3.36. The normalized spacial score (nSPS) is 34.4. The van der Waals surface area contributed by atoms with Crippen molar-refractivity contribution in [3.8, 4) is 0 Å². The van der Waals surface area contributed by atoms with Crippen molar-refractivity contribution in [3.05, 3.63) is 0 Å². The fourth-order valence-electron chi connectivity index (χ4n) is 3.36. The van der Waals surface area contributed by atoms with E-state index < -0.39 is 0 Å². The Morgan fingerprint density at radius 2 is 2.06 bits per heavy atom. The number of carbonyl (C=O) groups is 1. The van der Waals surface area contributed by atoms with Crippen LogP contribution >= 0.6 is 0 Å². The van der Waals surface area contributed by atoms with Crippen LogP contribution in [0.25, 0.3) is 0 Å². The van der Waals surface area contributed by atoms with E-state index in [0.717, 1.165) is 19.4 Å². The van der Waals surface area contributed by atoms with Gasteiger partial charge in [0.2, 0.25) is 5.91 Å². The number of nitrogens with zero attached hydrogens (tertiary/aromatic N) is 1. The molecule has 92 valence electrons. The van der Waals surface area contributed by atoms with Crippen molar-refractivity contribution >= 4 is 5.91 Å². The van der Waals surface area contributed by atoms with Crippen LogP contribution in [0.2, 0.25) is 0 Å². The van der Waals surface area contributed by atoms with E-state index in [1.54, 1.807) is 0 Å². The molecule has 2 fully saturated rings. The topological polar surface area (TPSA) is 32.3 Å². The van der Waals surface area contributed by atoms with Crippen molar-refractivity contribution in [2.45, 2.75) is 58.0 Å². The number of likely N-dealkylation sites (tertiary alicyclic amines) is 1.